The summed E-state index contributed by atoms with van der Waals surface area (Å²) in [5.74, 6) is -0.344. The highest BCUT2D eigenvalue weighted by Crippen LogP contribution is 2.33. The minimum absolute atomic E-state index is 0.251. The van der Waals surface area contributed by atoms with Crippen LogP contribution in [0.2, 0.25) is 0 Å². The molecule has 112 valence electrons. The van der Waals surface area contributed by atoms with Crippen LogP contribution in [0.3, 0.4) is 0 Å². The summed E-state index contributed by atoms with van der Waals surface area (Å²) in [4.78, 5) is 1.02. The summed E-state index contributed by atoms with van der Waals surface area (Å²) in [6, 6.07) is 12.6. The van der Waals surface area contributed by atoms with Gasteiger partial charge in [-0.25, -0.2) is 12.8 Å². The average Bonchev–Trinajstić information content (AvgIpc) is 2.96. The summed E-state index contributed by atoms with van der Waals surface area (Å²) in [5, 5.41) is 4.06. The number of benzene rings is 2. The molecule has 0 aliphatic carbocycles. The highest BCUT2D eigenvalue weighted by molar-refractivity contribution is 7.90. The topological polar surface area (TPSA) is 59.9 Å². The van der Waals surface area contributed by atoms with Crippen LogP contribution in [0.15, 0.2) is 53.4 Å². The van der Waals surface area contributed by atoms with Gasteiger partial charge in [-0.1, -0.05) is 28.8 Å². The third-order valence-corrected chi connectivity index (χ3v) is 5.03. The average molecular weight is 334 g/mol. The van der Waals surface area contributed by atoms with Gasteiger partial charge >= 0.3 is 0 Å². The highest BCUT2D eigenvalue weighted by atomic mass is 32.2. The molecule has 0 aliphatic rings. The minimum Gasteiger partial charge on any atom is -0.224 e. The first kappa shape index (κ1) is 14.8. The first-order valence-electron chi connectivity index (χ1n) is 6.34. The Bertz CT molecular complexity index is 919. The molecule has 3 aromatic rings. The van der Waals surface area contributed by atoms with E-state index >= 15 is 0 Å². The second-order valence-corrected chi connectivity index (χ2v) is 7.53. The number of aromatic nitrogens is 2. The Balaban J connectivity index is 2.06. The molecule has 0 saturated heterocycles. The SMILES string of the molecule is CS(=O)(=O)c1ccc(-c2snnc2-c2cccc(F)c2)cc1. The normalized spacial score (nSPS) is 11.5. The van der Waals surface area contributed by atoms with Gasteiger partial charge < -0.3 is 0 Å². The third-order valence-electron chi connectivity index (χ3n) is 3.13. The lowest BCUT2D eigenvalue weighted by atomic mass is 10.1. The van der Waals surface area contributed by atoms with Crippen LogP contribution in [0.4, 0.5) is 4.39 Å². The van der Waals surface area contributed by atoms with E-state index in [1.165, 1.54) is 23.7 Å². The Labute approximate surface area is 131 Å². The molecular weight excluding hydrogens is 323 g/mol. The smallest absolute Gasteiger partial charge is 0.175 e. The van der Waals surface area contributed by atoms with E-state index in [1.807, 2.05) is 0 Å². The predicted octanol–water partition coefficient (Wildman–Crippen LogP) is 3.41. The number of nitrogens with zero attached hydrogens (tertiary/aromatic N) is 2. The third kappa shape index (κ3) is 2.90. The van der Waals surface area contributed by atoms with Crippen LogP contribution in [0.5, 0.6) is 0 Å². The van der Waals surface area contributed by atoms with Crippen molar-refractivity contribution in [1.82, 2.24) is 9.59 Å². The molecular formula is C15H11FN2O2S2. The second-order valence-electron chi connectivity index (χ2n) is 4.76. The fourth-order valence-corrected chi connectivity index (χ4v) is 3.38. The van der Waals surface area contributed by atoms with Crippen LogP contribution in [-0.4, -0.2) is 24.3 Å². The summed E-state index contributed by atoms with van der Waals surface area (Å²) in [6.45, 7) is 0. The van der Waals surface area contributed by atoms with Crippen molar-refractivity contribution < 1.29 is 12.8 Å². The summed E-state index contributed by atoms with van der Waals surface area (Å²) in [5.41, 5.74) is 2.01. The highest BCUT2D eigenvalue weighted by Gasteiger charge is 2.14. The van der Waals surface area contributed by atoms with E-state index in [0.29, 0.717) is 11.3 Å². The van der Waals surface area contributed by atoms with E-state index in [0.717, 1.165) is 16.7 Å². The summed E-state index contributed by atoms with van der Waals surface area (Å²) < 4.78 is 40.3. The Morgan fingerprint density at radius 3 is 2.41 bits per heavy atom. The molecule has 3 rings (SSSR count). The van der Waals surface area contributed by atoms with Gasteiger partial charge in [0, 0.05) is 11.8 Å². The van der Waals surface area contributed by atoms with E-state index in [-0.39, 0.29) is 10.7 Å². The van der Waals surface area contributed by atoms with E-state index in [4.69, 9.17) is 0 Å². The molecule has 22 heavy (non-hydrogen) atoms. The maximum Gasteiger partial charge on any atom is 0.175 e. The Morgan fingerprint density at radius 1 is 1.05 bits per heavy atom. The lowest BCUT2D eigenvalue weighted by Crippen LogP contribution is -1.96. The van der Waals surface area contributed by atoms with Crippen molar-refractivity contribution in [1.29, 1.82) is 0 Å². The fraction of sp³-hybridized carbons (Fsp3) is 0.0667. The first-order valence-corrected chi connectivity index (χ1v) is 9.00. The minimum atomic E-state index is -3.23. The Kier molecular flexibility index (Phi) is 3.76. The number of sulfone groups is 1. The van der Waals surface area contributed by atoms with Crippen LogP contribution in [0.1, 0.15) is 0 Å². The van der Waals surface area contributed by atoms with Crippen LogP contribution in [0, 0.1) is 5.82 Å². The molecule has 1 aromatic heterocycles. The van der Waals surface area contributed by atoms with Gasteiger partial charge in [-0.3, -0.25) is 0 Å². The monoisotopic (exact) mass is 334 g/mol. The molecule has 0 atom stereocenters. The van der Waals surface area contributed by atoms with Crippen LogP contribution in [0.25, 0.3) is 21.7 Å². The van der Waals surface area contributed by atoms with Crippen molar-refractivity contribution >= 4 is 21.4 Å². The molecule has 0 spiro atoms. The van der Waals surface area contributed by atoms with Gasteiger partial charge in [-0.15, -0.1) is 5.10 Å². The molecule has 0 fully saturated rings. The molecule has 0 amide bonds. The van der Waals surface area contributed by atoms with Crippen LogP contribution >= 0.6 is 11.5 Å². The summed E-state index contributed by atoms with van der Waals surface area (Å²) in [6.07, 6.45) is 1.16. The molecule has 0 radical (unpaired) electrons. The maximum absolute atomic E-state index is 13.4. The molecule has 0 saturated carbocycles. The van der Waals surface area contributed by atoms with E-state index in [2.05, 4.69) is 9.59 Å². The Morgan fingerprint density at radius 2 is 1.77 bits per heavy atom. The van der Waals surface area contributed by atoms with Crippen LogP contribution < -0.4 is 0 Å². The van der Waals surface area contributed by atoms with Crippen molar-refractivity contribution in [2.75, 3.05) is 6.26 Å². The zero-order valence-electron chi connectivity index (χ0n) is 11.5. The van der Waals surface area contributed by atoms with Gasteiger partial charge in [0.1, 0.15) is 11.5 Å². The van der Waals surface area contributed by atoms with Gasteiger partial charge in [0.2, 0.25) is 0 Å². The molecule has 7 heteroatoms. The molecule has 0 bridgehead atoms. The van der Waals surface area contributed by atoms with E-state index in [1.54, 1.807) is 36.4 Å². The first-order chi connectivity index (χ1) is 10.4. The number of hydrogen-bond acceptors (Lipinski definition) is 5. The van der Waals surface area contributed by atoms with Crippen LogP contribution in [-0.2, 0) is 9.84 Å². The van der Waals surface area contributed by atoms with E-state index in [9.17, 15) is 12.8 Å². The fourth-order valence-electron chi connectivity index (χ4n) is 2.06. The number of hydrogen-bond donors (Lipinski definition) is 0. The molecule has 1 heterocycles. The van der Waals surface area contributed by atoms with Crippen molar-refractivity contribution in [3.05, 3.63) is 54.3 Å². The van der Waals surface area contributed by atoms with Crippen molar-refractivity contribution in [2.24, 2.45) is 0 Å². The van der Waals surface area contributed by atoms with Gasteiger partial charge in [0.05, 0.1) is 9.77 Å². The quantitative estimate of drug-likeness (QED) is 0.736. The van der Waals surface area contributed by atoms with E-state index < -0.39 is 9.84 Å². The summed E-state index contributed by atoms with van der Waals surface area (Å²) >= 11 is 1.18. The molecule has 2 aromatic carbocycles. The zero-order chi connectivity index (χ0) is 15.7. The standard InChI is InChI=1S/C15H11FN2O2S2/c1-22(19,20)13-7-5-10(6-8-13)15-14(17-18-21-15)11-3-2-4-12(16)9-11/h2-9H,1H3. The van der Waals surface area contributed by atoms with Gasteiger partial charge in [-0.05, 0) is 41.4 Å². The zero-order valence-corrected chi connectivity index (χ0v) is 13.2. The lowest BCUT2D eigenvalue weighted by molar-refractivity contribution is 0.602. The molecule has 0 aliphatic heterocycles. The summed E-state index contributed by atoms with van der Waals surface area (Å²) in [7, 11) is -3.23. The second kappa shape index (κ2) is 5.58. The molecule has 4 nitrogen and oxygen atoms in total. The molecule has 0 N–H and O–H groups in total. The van der Waals surface area contributed by atoms with Gasteiger partial charge in [-0.2, -0.15) is 0 Å². The van der Waals surface area contributed by atoms with Crippen molar-refractivity contribution in [3.63, 3.8) is 0 Å². The largest absolute Gasteiger partial charge is 0.224 e. The maximum atomic E-state index is 13.4. The molecule has 0 unspecified atom stereocenters. The van der Waals surface area contributed by atoms with Gasteiger partial charge in [0.25, 0.3) is 0 Å². The van der Waals surface area contributed by atoms with Crippen molar-refractivity contribution in [3.8, 4) is 21.7 Å². The Hall–Kier alpha value is -2.12. The number of rotatable bonds is 3. The van der Waals surface area contributed by atoms with Crippen molar-refractivity contribution in [2.45, 2.75) is 4.90 Å². The number of halogens is 1. The predicted molar refractivity (Wildman–Crippen MR) is 83.8 cm³/mol. The lowest BCUT2D eigenvalue weighted by Gasteiger charge is -2.03. The van der Waals surface area contributed by atoms with Gasteiger partial charge in [0.15, 0.2) is 9.84 Å².